The van der Waals surface area contributed by atoms with Crippen molar-refractivity contribution in [1.29, 1.82) is 0 Å². The fourth-order valence-corrected chi connectivity index (χ4v) is 2.96. The van der Waals surface area contributed by atoms with E-state index in [9.17, 15) is 8.42 Å². The maximum absolute atomic E-state index is 10.8. The maximum Gasteiger partial charge on any atom is 0.211 e. The van der Waals surface area contributed by atoms with Crippen LogP contribution in [0.1, 0.15) is 32.1 Å². The summed E-state index contributed by atoms with van der Waals surface area (Å²) in [5.74, 6) is -0.0191. The lowest BCUT2D eigenvalue weighted by Crippen LogP contribution is -2.38. The van der Waals surface area contributed by atoms with Crippen molar-refractivity contribution >= 4 is 10.0 Å². The Balaban J connectivity index is 1.91. The smallest absolute Gasteiger partial charge is 0.211 e. The molecule has 0 amide bonds. The number of sulfonamides is 1. The number of hydrogen-bond donors (Lipinski definition) is 1. The lowest BCUT2D eigenvalue weighted by atomic mass is 9.78. The lowest BCUT2D eigenvalue weighted by Gasteiger charge is -2.37. The maximum atomic E-state index is 10.8. The van der Waals surface area contributed by atoms with E-state index < -0.39 is 10.0 Å². The van der Waals surface area contributed by atoms with Crippen LogP contribution < -0.4 is 5.14 Å². The van der Waals surface area contributed by atoms with E-state index in [0.717, 1.165) is 25.7 Å². The van der Waals surface area contributed by atoms with Gasteiger partial charge in [0.15, 0.2) is 0 Å². The van der Waals surface area contributed by atoms with Crippen molar-refractivity contribution in [2.75, 3.05) is 5.75 Å². The van der Waals surface area contributed by atoms with Crippen LogP contribution in [0.15, 0.2) is 0 Å². The summed E-state index contributed by atoms with van der Waals surface area (Å²) >= 11 is 0. The minimum absolute atomic E-state index is 0.0191. The van der Waals surface area contributed by atoms with E-state index in [0.29, 0.717) is 0 Å². The Morgan fingerprint density at radius 3 is 2.46 bits per heavy atom. The molecule has 76 valence electrons. The van der Waals surface area contributed by atoms with Crippen LogP contribution in [0.5, 0.6) is 0 Å². The highest BCUT2D eigenvalue weighted by atomic mass is 32.2. The molecule has 1 aliphatic heterocycles. The second-order valence-corrected chi connectivity index (χ2v) is 5.80. The Morgan fingerprint density at radius 2 is 2.08 bits per heavy atom. The Morgan fingerprint density at radius 1 is 1.38 bits per heavy atom. The van der Waals surface area contributed by atoms with Gasteiger partial charge in [-0.05, 0) is 32.1 Å². The molecule has 2 N–H and O–H groups in total. The Hall–Kier alpha value is -0.130. The molecule has 1 spiro atoms. The molecule has 1 saturated carbocycles. The summed E-state index contributed by atoms with van der Waals surface area (Å²) in [4.78, 5) is 0. The molecule has 5 heteroatoms. The summed E-state index contributed by atoms with van der Waals surface area (Å²) in [5, 5.41) is 4.96. The van der Waals surface area contributed by atoms with Crippen molar-refractivity contribution in [3.63, 3.8) is 0 Å². The third-order valence-electron chi connectivity index (χ3n) is 3.02. The van der Waals surface area contributed by atoms with Crippen LogP contribution in [0.4, 0.5) is 0 Å². The van der Waals surface area contributed by atoms with Crippen LogP contribution in [-0.2, 0) is 14.8 Å². The standard InChI is InChI=1S/C8H15NO3S/c9-13(10,11)6-7-2-5-8(12-7)3-1-4-8/h7H,1-6H2,(H2,9,10,11). The highest BCUT2D eigenvalue weighted by molar-refractivity contribution is 7.89. The number of nitrogens with two attached hydrogens (primary N) is 1. The van der Waals surface area contributed by atoms with Gasteiger partial charge in [-0.3, -0.25) is 0 Å². The second kappa shape index (κ2) is 2.93. The van der Waals surface area contributed by atoms with Gasteiger partial charge in [-0.2, -0.15) is 0 Å². The van der Waals surface area contributed by atoms with Gasteiger partial charge in [0.05, 0.1) is 17.5 Å². The average Bonchev–Trinajstić information content (AvgIpc) is 2.26. The van der Waals surface area contributed by atoms with Gasteiger partial charge in [0.2, 0.25) is 10.0 Å². The van der Waals surface area contributed by atoms with Crippen LogP contribution in [0.2, 0.25) is 0 Å². The molecule has 1 atom stereocenters. The molecule has 2 aliphatic rings. The van der Waals surface area contributed by atoms with Crippen LogP contribution in [0.25, 0.3) is 0 Å². The zero-order valence-corrected chi connectivity index (χ0v) is 8.35. The van der Waals surface area contributed by atoms with Gasteiger partial charge < -0.3 is 4.74 Å². The van der Waals surface area contributed by atoms with Crippen LogP contribution in [0, 0.1) is 0 Å². The molecule has 4 nitrogen and oxygen atoms in total. The van der Waals surface area contributed by atoms with E-state index in [1.807, 2.05) is 0 Å². The van der Waals surface area contributed by atoms with Gasteiger partial charge >= 0.3 is 0 Å². The van der Waals surface area contributed by atoms with Gasteiger partial charge in [0, 0.05) is 0 Å². The SMILES string of the molecule is NS(=O)(=O)CC1CCC2(CCC2)O1. The zero-order chi connectivity index (χ0) is 9.53. The second-order valence-electron chi connectivity index (χ2n) is 4.14. The molecule has 0 aromatic heterocycles. The van der Waals surface area contributed by atoms with Crippen molar-refractivity contribution in [3.8, 4) is 0 Å². The first kappa shape index (κ1) is 9.43. The summed E-state index contributed by atoms with van der Waals surface area (Å²) in [7, 11) is -3.37. The predicted molar refractivity (Wildman–Crippen MR) is 48.7 cm³/mol. The molecule has 0 aromatic carbocycles. The lowest BCUT2D eigenvalue weighted by molar-refractivity contribution is -0.0842. The van der Waals surface area contributed by atoms with Gasteiger partial charge in [-0.1, -0.05) is 0 Å². The third kappa shape index (κ3) is 2.03. The van der Waals surface area contributed by atoms with Crippen LogP contribution in [-0.4, -0.2) is 25.9 Å². The van der Waals surface area contributed by atoms with Gasteiger partial charge in [0.1, 0.15) is 0 Å². The van der Waals surface area contributed by atoms with Crippen molar-refractivity contribution in [3.05, 3.63) is 0 Å². The van der Waals surface area contributed by atoms with Gasteiger partial charge in [-0.15, -0.1) is 0 Å². The molecule has 2 fully saturated rings. The molecule has 1 heterocycles. The van der Waals surface area contributed by atoms with E-state index >= 15 is 0 Å². The number of rotatable bonds is 2. The molecule has 1 saturated heterocycles. The van der Waals surface area contributed by atoms with E-state index in [2.05, 4.69) is 0 Å². The Labute approximate surface area is 78.5 Å². The molecule has 2 rings (SSSR count). The number of primary sulfonamides is 1. The number of ether oxygens (including phenoxy) is 1. The largest absolute Gasteiger partial charge is 0.371 e. The molecule has 0 radical (unpaired) electrons. The van der Waals surface area contributed by atoms with Crippen molar-refractivity contribution in [2.24, 2.45) is 5.14 Å². The molecular weight excluding hydrogens is 190 g/mol. The topological polar surface area (TPSA) is 69.4 Å². The monoisotopic (exact) mass is 205 g/mol. The first-order chi connectivity index (χ1) is 5.99. The van der Waals surface area contributed by atoms with Crippen molar-refractivity contribution < 1.29 is 13.2 Å². The average molecular weight is 205 g/mol. The highest BCUT2D eigenvalue weighted by Gasteiger charge is 2.45. The van der Waals surface area contributed by atoms with E-state index in [-0.39, 0.29) is 17.5 Å². The molecule has 1 aliphatic carbocycles. The molecule has 0 bridgehead atoms. The number of hydrogen-bond acceptors (Lipinski definition) is 3. The minimum atomic E-state index is -3.37. The molecule has 1 unspecified atom stereocenters. The highest BCUT2D eigenvalue weighted by Crippen LogP contribution is 2.45. The van der Waals surface area contributed by atoms with E-state index in [1.54, 1.807) is 0 Å². The molecule has 13 heavy (non-hydrogen) atoms. The van der Waals surface area contributed by atoms with Crippen molar-refractivity contribution in [1.82, 2.24) is 0 Å². The Bertz CT molecular complexity index is 295. The van der Waals surface area contributed by atoms with E-state index in [1.165, 1.54) is 6.42 Å². The van der Waals surface area contributed by atoms with Crippen LogP contribution in [0.3, 0.4) is 0 Å². The first-order valence-corrected chi connectivity index (χ1v) is 6.39. The third-order valence-corrected chi connectivity index (χ3v) is 3.86. The summed E-state index contributed by atoms with van der Waals surface area (Å²) in [6, 6.07) is 0. The van der Waals surface area contributed by atoms with Crippen molar-refractivity contribution in [2.45, 2.75) is 43.8 Å². The quantitative estimate of drug-likeness (QED) is 0.708. The zero-order valence-electron chi connectivity index (χ0n) is 7.53. The summed E-state index contributed by atoms with van der Waals surface area (Å²) in [6.45, 7) is 0. The first-order valence-electron chi connectivity index (χ1n) is 4.67. The fourth-order valence-electron chi connectivity index (χ4n) is 2.21. The van der Waals surface area contributed by atoms with Crippen LogP contribution >= 0.6 is 0 Å². The normalized spacial score (nSPS) is 31.9. The summed E-state index contributed by atoms with van der Waals surface area (Å²) in [6.07, 6.45) is 5.09. The molecular formula is C8H15NO3S. The predicted octanol–water partition coefficient (Wildman–Crippen LogP) is 0.377. The van der Waals surface area contributed by atoms with E-state index in [4.69, 9.17) is 9.88 Å². The summed E-state index contributed by atoms with van der Waals surface area (Å²) in [5.41, 5.74) is 0.0371. The summed E-state index contributed by atoms with van der Waals surface area (Å²) < 4.78 is 27.3. The minimum Gasteiger partial charge on any atom is -0.371 e. The van der Waals surface area contributed by atoms with Gasteiger partial charge in [0.25, 0.3) is 0 Å². The van der Waals surface area contributed by atoms with Gasteiger partial charge in [-0.25, -0.2) is 13.6 Å². The molecule has 0 aromatic rings. The fraction of sp³-hybridized carbons (Fsp3) is 1.00. The Kier molecular flexibility index (Phi) is 2.13.